The number of benzene rings is 1. The summed E-state index contributed by atoms with van der Waals surface area (Å²) in [6.07, 6.45) is 9.56. The summed E-state index contributed by atoms with van der Waals surface area (Å²) >= 11 is 0. The highest BCUT2D eigenvalue weighted by molar-refractivity contribution is 5.40. The molecule has 3 aliphatic carbocycles. The van der Waals surface area contributed by atoms with Crippen molar-refractivity contribution in [3.05, 3.63) is 29.3 Å². The third-order valence-electron chi connectivity index (χ3n) is 9.40. The van der Waals surface area contributed by atoms with Gasteiger partial charge in [0.1, 0.15) is 5.75 Å². The van der Waals surface area contributed by atoms with Gasteiger partial charge in [0.15, 0.2) is 0 Å². The molecular weight excluding hydrogens is 368 g/mol. The van der Waals surface area contributed by atoms with Gasteiger partial charge in [-0.2, -0.15) is 0 Å². The maximum absolute atomic E-state index is 5.50. The molecule has 4 rings (SSSR count). The Labute approximate surface area is 185 Å². The molecule has 168 valence electrons. The second-order valence-corrected chi connectivity index (χ2v) is 11.1. The molecule has 2 saturated carbocycles. The lowest BCUT2D eigenvalue weighted by Crippen LogP contribution is -2.48. The van der Waals surface area contributed by atoms with E-state index in [0.717, 1.165) is 29.4 Å². The summed E-state index contributed by atoms with van der Waals surface area (Å²) in [6, 6.07) is 7.58. The zero-order valence-corrected chi connectivity index (χ0v) is 20.3. The Hall–Kier alpha value is -1.06. The number of ether oxygens (including phenoxy) is 1. The van der Waals surface area contributed by atoms with Crippen LogP contribution in [0.1, 0.15) is 69.4 Å². The first-order valence-electron chi connectivity index (χ1n) is 12.4. The maximum atomic E-state index is 5.50. The highest BCUT2D eigenvalue weighted by Crippen LogP contribution is 2.63. The van der Waals surface area contributed by atoms with Gasteiger partial charge in [-0.1, -0.05) is 13.0 Å². The fraction of sp³-hybridized carbons (Fsp3) is 0.778. The molecule has 3 heteroatoms. The van der Waals surface area contributed by atoms with E-state index in [1.807, 2.05) is 0 Å². The number of aryl methyl sites for hydroxylation is 1. The second kappa shape index (κ2) is 8.82. The number of methoxy groups -OCH3 is 1. The van der Waals surface area contributed by atoms with Crippen LogP contribution in [-0.4, -0.2) is 57.2 Å². The predicted molar refractivity (Wildman–Crippen MR) is 126 cm³/mol. The highest BCUT2D eigenvalue weighted by atomic mass is 16.5. The average molecular weight is 413 g/mol. The molecule has 30 heavy (non-hydrogen) atoms. The number of hydrogen-bond donors (Lipinski definition) is 0. The summed E-state index contributed by atoms with van der Waals surface area (Å²) in [5.41, 5.74) is 3.73. The SMILES string of the molecule is COc1ccc2c(c1)CCC1C2CC[C@@]2(C)C1CCC2C(C)N(C)CCCN(C)C. The molecule has 0 aromatic heterocycles. The van der Waals surface area contributed by atoms with E-state index in [1.165, 1.54) is 58.0 Å². The molecule has 1 aromatic rings. The highest BCUT2D eigenvalue weighted by Gasteiger charge is 2.56. The molecule has 0 bridgehead atoms. The van der Waals surface area contributed by atoms with Crippen LogP contribution < -0.4 is 4.74 Å². The first kappa shape index (κ1) is 22.1. The molecule has 5 unspecified atom stereocenters. The molecule has 3 nitrogen and oxygen atoms in total. The number of rotatable bonds is 7. The Morgan fingerprint density at radius 1 is 1.10 bits per heavy atom. The molecule has 0 amide bonds. The fourth-order valence-electron chi connectivity index (χ4n) is 7.67. The minimum Gasteiger partial charge on any atom is -0.497 e. The van der Waals surface area contributed by atoms with Crippen LogP contribution in [0.5, 0.6) is 5.75 Å². The molecule has 0 spiro atoms. The number of hydrogen-bond acceptors (Lipinski definition) is 3. The van der Waals surface area contributed by atoms with E-state index < -0.39 is 0 Å². The van der Waals surface area contributed by atoms with Gasteiger partial charge in [-0.15, -0.1) is 0 Å². The zero-order valence-electron chi connectivity index (χ0n) is 20.3. The summed E-state index contributed by atoms with van der Waals surface area (Å²) < 4.78 is 5.50. The van der Waals surface area contributed by atoms with Crippen molar-refractivity contribution in [2.75, 3.05) is 41.3 Å². The van der Waals surface area contributed by atoms with Crippen LogP contribution in [-0.2, 0) is 6.42 Å². The number of fused-ring (bicyclic) bond motifs is 5. The van der Waals surface area contributed by atoms with Gasteiger partial charge < -0.3 is 14.5 Å². The van der Waals surface area contributed by atoms with E-state index in [0.29, 0.717) is 11.5 Å². The van der Waals surface area contributed by atoms with Crippen molar-refractivity contribution < 1.29 is 4.74 Å². The minimum absolute atomic E-state index is 0.528. The van der Waals surface area contributed by atoms with Crippen molar-refractivity contribution in [3.63, 3.8) is 0 Å². The predicted octanol–water partition coefficient (Wildman–Crippen LogP) is 5.44. The van der Waals surface area contributed by atoms with Crippen molar-refractivity contribution in [1.82, 2.24) is 9.80 Å². The van der Waals surface area contributed by atoms with Crippen molar-refractivity contribution in [2.45, 2.75) is 70.8 Å². The van der Waals surface area contributed by atoms with Gasteiger partial charge in [-0.3, -0.25) is 0 Å². The lowest BCUT2D eigenvalue weighted by molar-refractivity contribution is 0.000262. The summed E-state index contributed by atoms with van der Waals surface area (Å²) in [5.74, 6) is 4.46. The first-order chi connectivity index (χ1) is 14.3. The Morgan fingerprint density at radius 2 is 1.90 bits per heavy atom. The Morgan fingerprint density at radius 3 is 2.63 bits per heavy atom. The van der Waals surface area contributed by atoms with Crippen molar-refractivity contribution in [2.24, 2.45) is 23.2 Å². The van der Waals surface area contributed by atoms with Gasteiger partial charge in [0, 0.05) is 6.04 Å². The molecule has 0 N–H and O–H groups in total. The molecule has 0 saturated heterocycles. The summed E-state index contributed by atoms with van der Waals surface area (Å²) in [7, 11) is 8.52. The largest absolute Gasteiger partial charge is 0.497 e. The molecular formula is C27H44N2O. The quantitative estimate of drug-likeness (QED) is 0.593. The molecule has 2 fully saturated rings. The van der Waals surface area contributed by atoms with Crippen LogP contribution >= 0.6 is 0 Å². The van der Waals surface area contributed by atoms with Gasteiger partial charge in [-0.25, -0.2) is 0 Å². The van der Waals surface area contributed by atoms with E-state index in [1.54, 1.807) is 18.2 Å². The standard InChI is InChI=1S/C27H44N2O/c1-19(29(5)17-7-16-28(3)4)25-12-13-26-24-10-8-20-18-21(30-6)9-11-22(20)23(24)14-15-27(25,26)2/h9,11,18-19,23-26H,7-8,10,12-17H2,1-6H3/t19?,23?,24?,25?,26?,27-/m1/s1. The van der Waals surface area contributed by atoms with E-state index in [2.05, 4.69) is 63.0 Å². The second-order valence-electron chi connectivity index (χ2n) is 11.1. The Bertz CT molecular complexity index is 732. The van der Waals surface area contributed by atoms with Gasteiger partial charge in [0.25, 0.3) is 0 Å². The van der Waals surface area contributed by atoms with Crippen molar-refractivity contribution in [3.8, 4) is 5.75 Å². The molecule has 0 aliphatic heterocycles. The monoisotopic (exact) mass is 412 g/mol. The third-order valence-corrected chi connectivity index (χ3v) is 9.40. The van der Waals surface area contributed by atoms with Gasteiger partial charge >= 0.3 is 0 Å². The van der Waals surface area contributed by atoms with Crippen LogP contribution in [0.2, 0.25) is 0 Å². The van der Waals surface area contributed by atoms with Gasteiger partial charge in [0.2, 0.25) is 0 Å². The van der Waals surface area contributed by atoms with Crippen molar-refractivity contribution >= 4 is 0 Å². The van der Waals surface area contributed by atoms with E-state index in [9.17, 15) is 0 Å². The molecule has 6 atom stereocenters. The molecule has 0 radical (unpaired) electrons. The summed E-state index contributed by atoms with van der Waals surface area (Å²) in [6.45, 7) is 7.59. The molecule has 1 aromatic carbocycles. The van der Waals surface area contributed by atoms with Crippen LogP contribution in [0.15, 0.2) is 18.2 Å². The fourth-order valence-corrected chi connectivity index (χ4v) is 7.67. The summed E-state index contributed by atoms with van der Waals surface area (Å²) in [4.78, 5) is 4.97. The molecule has 3 aliphatic rings. The average Bonchev–Trinajstić information content (AvgIpc) is 3.09. The third kappa shape index (κ3) is 3.93. The summed E-state index contributed by atoms with van der Waals surface area (Å²) in [5, 5.41) is 0. The topological polar surface area (TPSA) is 15.7 Å². The van der Waals surface area contributed by atoms with Crippen LogP contribution in [0, 0.1) is 23.2 Å². The van der Waals surface area contributed by atoms with Crippen LogP contribution in [0.25, 0.3) is 0 Å². The van der Waals surface area contributed by atoms with Crippen LogP contribution in [0.3, 0.4) is 0 Å². The van der Waals surface area contributed by atoms with E-state index >= 15 is 0 Å². The van der Waals surface area contributed by atoms with E-state index in [4.69, 9.17) is 4.74 Å². The first-order valence-corrected chi connectivity index (χ1v) is 12.4. The van der Waals surface area contributed by atoms with Gasteiger partial charge in [-0.05, 0) is 138 Å². The van der Waals surface area contributed by atoms with Crippen molar-refractivity contribution in [1.29, 1.82) is 0 Å². The van der Waals surface area contributed by atoms with Crippen LogP contribution in [0.4, 0.5) is 0 Å². The smallest absolute Gasteiger partial charge is 0.119 e. The lowest BCUT2D eigenvalue weighted by Gasteiger charge is -2.52. The Balaban J connectivity index is 1.47. The lowest BCUT2D eigenvalue weighted by atomic mass is 9.53. The number of nitrogens with zero attached hydrogens (tertiary/aromatic N) is 2. The zero-order chi connectivity index (χ0) is 21.5. The minimum atomic E-state index is 0.528. The normalized spacial score (nSPS) is 33.9. The van der Waals surface area contributed by atoms with E-state index in [-0.39, 0.29) is 0 Å². The Kier molecular flexibility index (Phi) is 6.51. The molecule has 0 heterocycles. The van der Waals surface area contributed by atoms with Gasteiger partial charge in [0.05, 0.1) is 7.11 Å². The maximum Gasteiger partial charge on any atom is 0.119 e.